The highest BCUT2D eigenvalue weighted by molar-refractivity contribution is 7.88. The van der Waals surface area contributed by atoms with Crippen LogP contribution in [-0.2, 0) is 38.3 Å². The Morgan fingerprint density at radius 2 is 1.88 bits per heavy atom. The van der Waals surface area contributed by atoms with Crippen molar-refractivity contribution in [1.82, 2.24) is 9.21 Å². The Labute approximate surface area is 196 Å². The van der Waals surface area contributed by atoms with E-state index in [4.69, 9.17) is 16.3 Å². The third-order valence-electron chi connectivity index (χ3n) is 6.00. The number of ether oxygens (including phenoxy) is 1. The van der Waals surface area contributed by atoms with E-state index < -0.39 is 10.0 Å². The van der Waals surface area contributed by atoms with Crippen molar-refractivity contribution in [2.45, 2.75) is 45.0 Å². The minimum absolute atomic E-state index is 0.0238. The molecule has 0 aliphatic carbocycles. The molecule has 1 fully saturated rings. The number of sulfonamides is 1. The second-order valence-corrected chi connectivity index (χ2v) is 10.7. The average Bonchev–Trinajstić information content (AvgIpc) is 2.74. The predicted octanol–water partition coefficient (Wildman–Crippen LogP) is 3.79. The molecule has 0 spiro atoms. The molecule has 0 aromatic heterocycles. The first-order chi connectivity index (χ1) is 15.2. The first-order valence-electron chi connectivity index (χ1n) is 10.8. The molecule has 0 amide bonds. The van der Waals surface area contributed by atoms with Crippen molar-refractivity contribution in [2.75, 3.05) is 26.7 Å². The largest absolute Gasteiger partial charge is 0.469 e. The minimum atomic E-state index is -3.41. The fraction of sp³-hybridized carbons (Fsp3) is 0.458. The summed E-state index contributed by atoms with van der Waals surface area (Å²) in [6.07, 6.45) is 0.895. The number of benzene rings is 2. The van der Waals surface area contributed by atoms with Crippen molar-refractivity contribution in [3.05, 3.63) is 69.7 Å². The molecule has 8 heteroatoms. The van der Waals surface area contributed by atoms with Gasteiger partial charge in [-0.05, 0) is 54.7 Å². The normalized spacial score (nSPS) is 17.9. The second kappa shape index (κ2) is 10.8. The van der Waals surface area contributed by atoms with Crippen molar-refractivity contribution in [1.29, 1.82) is 0 Å². The Bertz CT molecular complexity index is 1060. The van der Waals surface area contributed by atoms with Crippen LogP contribution in [0.1, 0.15) is 35.6 Å². The van der Waals surface area contributed by atoms with E-state index in [1.54, 1.807) is 4.31 Å². The molecule has 0 radical (unpaired) electrons. The van der Waals surface area contributed by atoms with E-state index in [9.17, 15) is 13.2 Å². The first kappa shape index (κ1) is 24.7. The molecule has 0 saturated carbocycles. The van der Waals surface area contributed by atoms with Gasteiger partial charge in [0.2, 0.25) is 10.0 Å². The maximum absolute atomic E-state index is 13.1. The van der Waals surface area contributed by atoms with Crippen molar-refractivity contribution in [3.63, 3.8) is 0 Å². The highest BCUT2D eigenvalue weighted by Gasteiger charge is 2.33. The summed E-state index contributed by atoms with van der Waals surface area (Å²) in [6, 6.07) is 13.2. The second-order valence-electron chi connectivity index (χ2n) is 8.37. The van der Waals surface area contributed by atoms with Crippen molar-refractivity contribution in [3.8, 4) is 0 Å². The van der Waals surface area contributed by atoms with Crippen LogP contribution in [0, 0.1) is 6.92 Å². The Kier molecular flexibility index (Phi) is 8.33. The summed E-state index contributed by atoms with van der Waals surface area (Å²) in [6.45, 7) is 6.28. The van der Waals surface area contributed by atoms with Gasteiger partial charge in [0.1, 0.15) is 0 Å². The van der Waals surface area contributed by atoms with Gasteiger partial charge in [0.15, 0.2) is 0 Å². The van der Waals surface area contributed by atoms with E-state index in [0.29, 0.717) is 44.0 Å². The van der Waals surface area contributed by atoms with Gasteiger partial charge in [-0.3, -0.25) is 9.69 Å². The van der Waals surface area contributed by atoms with Crippen LogP contribution >= 0.6 is 11.6 Å². The number of carbonyl (C=O) groups is 1. The highest BCUT2D eigenvalue weighted by Crippen LogP contribution is 2.24. The minimum Gasteiger partial charge on any atom is -0.469 e. The van der Waals surface area contributed by atoms with Gasteiger partial charge in [-0.2, -0.15) is 4.31 Å². The molecule has 1 aliphatic rings. The lowest BCUT2D eigenvalue weighted by molar-refractivity contribution is -0.140. The molecule has 6 nitrogen and oxygen atoms in total. The van der Waals surface area contributed by atoms with Gasteiger partial charge in [-0.25, -0.2) is 8.42 Å². The molecule has 32 heavy (non-hydrogen) atoms. The molecular formula is C24H31ClN2O4S. The molecule has 0 unspecified atom stereocenters. The Balaban J connectivity index is 1.66. The molecule has 1 heterocycles. The zero-order valence-corrected chi connectivity index (χ0v) is 20.5. The SMILES string of the molecule is COC(=O)CCc1ccc(Cl)cc1CN1CCN(S(=O)(=O)Cc2ccccc2C)[C@@H](C)C1. The molecule has 0 N–H and O–H groups in total. The lowest BCUT2D eigenvalue weighted by Gasteiger charge is -2.39. The van der Waals surface area contributed by atoms with Crippen molar-refractivity contribution in [2.24, 2.45) is 0 Å². The smallest absolute Gasteiger partial charge is 0.305 e. The Morgan fingerprint density at radius 1 is 1.12 bits per heavy atom. The molecule has 2 aromatic carbocycles. The van der Waals surface area contributed by atoms with Crippen LogP contribution in [-0.4, -0.2) is 56.4 Å². The first-order valence-corrected chi connectivity index (χ1v) is 12.8. The molecule has 174 valence electrons. The quantitative estimate of drug-likeness (QED) is 0.540. The van der Waals surface area contributed by atoms with E-state index in [-0.39, 0.29) is 17.8 Å². The lowest BCUT2D eigenvalue weighted by Crippen LogP contribution is -2.53. The summed E-state index contributed by atoms with van der Waals surface area (Å²) >= 11 is 6.23. The molecule has 1 saturated heterocycles. The van der Waals surface area contributed by atoms with Crippen LogP contribution in [0.4, 0.5) is 0 Å². The van der Waals surface area contributed by atoms with Crippen molar-refractivity contribution < 1.29 is 17.9 Å². The Morgan fingerprint density at radius 3 is 2.56 bits per heavy atom. The van der Waals surface area contributed by atoms with E-state index in [1.165, 1.54) is 7.11 Å². The molecule has 1 atom stereocenters. The van der Waals surface area contributed by atoms with Crippen LogP contribution in [0.3, 0.4) is 0 Å². The lowest BCUT2D eigenvalue weighted by atomic mass is 10.0. The summed E-state index contributed by atoms with van der Waals surface area (Å²) in [4.78, 5) is 13.8. The number of aryl methyl sites for hydroxylation is 2. The van der Waals surface area contributed by atoms with E-state index in [0.717, 1.165) is 22.3 Å². The van der Waals surface area contributed by atoms with Crippen LogP contribution in [0.25, 0.3) is 0 Å². The van der Waals surface area contributed by atoms with Gasteiger partial charge in [-0.15, -0.1) is 0 Å². The molecule has 3 rings (SSSR count). The number of hydrogen-bond acceptors (Lipinski definition) is 5. The fourth-order valence-electron chi connectivity index (χ4n) is 4.19. The number of halogens is 1. The highest BCUT2D eigenvalue weighted by atomic mass is 35.5. The van der Waals surface area contributed by atoms with Gasteiger partial charge < -0.3 is 4.74 Å². The maximum atomic E-state index is 13.1. The molecule has 2 aromatic rings. The van der Waals surface area contributed by atoms with Gasteiger partial charge in [0.25, 0.3) is 0 Å². The Hall–Kier alpha value is -1.93. The zero-order valence-electron chi connectivity index (χ0n) is 18.9. The monoisotopic (exact) mass is 478 g/mol. The van der Waals surface area contributed by atoms with Crippen LogP contribution < -0.4 is 0 Å². The standard InChI is InChI=1S/C24H31ClN2O4S/c1-18-6-4-5-7-21(18)17-32(29,30)27-13-12-26(15-19(27)2)16-22-14-23(25)10-8-20(22)9-11-24(28)31-3/h4-8,10,14,19H,9,11-13,15-17H2,1-3H3/t19-/m0/s1. The summed E-state index contributed by atoms with van der Waals surface area (Å²) in [5.41, 5.74) is 3.95. The predicted molar refractivity (Wildman–Crippen MR) is 127 cm³/mol. The number of carbonyl (C=O) groups excluding carboxylic acids is 1. The van der Waals surface area contributed by atoms with Gasteiger partial charge in [0.05, 0.1) is 12.9 Å². The third-order valence-corrected chi connectivity index (χ3v) is 8.16. The summed E-state index contributed by atoms with van der Waals surface area (Å²) in [7, 11) is -2.02. The van der Waals surface area contributed by atoms with Crippen molar-refractivity contribution >= 4 is 27.6 Å². The molecule has 0 bridgehead atoms. The van der Waals surface area contributed by atoms with Gasteiger partial charge in [-0.1, -0.05) is 41.9 Å². The number of nitrogens with zero attached hydrogens (tertiary/aromatic N) is 2. The number of esters is 1. The molecule has 1 aliphatic heterocycles. The van der Waals surface area contributed by atoms with E-state index in [1.807, 2.05) is 56.3 Å². The zero-order chi connectivity index (χ0) is 23.3. The summed E-state index contributed by atoms with van der Waals surface area (Å²) in [5.74, 6) is -0.220. The van der Waals surface area contributed by atoms with Gasteiger partial charge in [0, 0.05) is 43.7 Å². The third kappa shape index (κ3) is 6.32. The number of rotatable bonds is 8. The molecular weight excluding hydrogens is 448 g/mol. The number of piperazine rings is 1. The van der Waals surface area contributed by atoms with Crippen LogP contribution in [0.15, 0.2) is 42.5 Å². The average molecular weight is 479 g/mol. The van der Waals surface area contributed by atoms with Gasteiger partial charge >= 0.3 is 5.97 Å². The summed E-state index contributed by atoms with van der Waals surface area (Å²) in [5, 5.41) is 0.648. The van der Waals surface area contributed by atoms with Crippen LogP contribution in [0.5, 0.6) is 0 Å². The fourth-order valence-corrected chi connectivity index (χ4v) is 6.24. The number of methoxy groups -OCH3 is 1. The maximum Gasteiger partial charge on any atom is 0.305 e. The number of hydrogen-bond donors (Lipinski definition) is 0. The van der Waals surface area contributed by atoms with E-state index >= 15 is 0 Å². The van der Waals surface area contributed by atoms with E-state index in [2.05, 4.69) is 4.90 Å². The topological polar surface area (TPSA) is 66.9 Å². The summed E-state index contributed by atoms with van der Waals surface area (Å²) < 4.78 is 32.6. The van der Waals surface area contributed by atoms with Crippen LogP contribution in [0.2, 0.25) is 5.02 Å².